The molecule has 0 fully saturated rings. The van der Waals surface area contributed by atoms with Crippen LogP contribution in [-0.2, 0) is 16.0 Å². The highest BCUT2D eigenvalue weighted by molar-refractivity contribution is 7.13. The molecular weight excluding hydrogens is 292 g/mol. The Hall–Kier alpha value is -2.15. The molecule has 0 aromatic carbocycles. The summed E-state index contributed by atoms with van der Waals surface area (Å²) in [4.78, 5) is 28.6. The fraction of sp³-hybridized carbons (Fsp3) is 0.357. The number of aliphatic carboxylic acids is 1. The summed E-state index contributed by atoms with van der Waals surface area (Å²) < 4.78 is 5.26. The van der Waals surface area contributed by atoms with E-state index in [4.69, 9.17) is 9.52 Å². The lowest BCUT2D eigenvalue weighted by Crippen LogP contribution is -2.34. The van der Waals surface area contributed by atoms with E-state index in [0.717, 1.165) is 5.01 Å². The van der Waals surface area contributed by atoms with Gasteiger partial charge in [0.1, 0.15) is 0 Å². The number of carbonyl (C=O) groups is 2. The largest absolute Gasteiger partial charge is 0.481 e. The number of hydrogen-bond acceptors (Lipinski definition) is 5. The van der Waals surface area contributed by atoms with E-state index in [1.54, 1.807) is 12.3 Å². The first-order chi connectivity index (χ1) is 10.1. The number of thiazole rings is 1. The maximum Gasteiger partial charge on any atom is 0.305 e. The van der Waals surface area contributed by atoms with E-state index in [1.165, 1.54) is 16.2 Å². The lowest BCUT2D eigenvalue weighted by molar-refractivity contribution is -0.138. The van der Waals surface area contributed by atoms with Crippen LogP contribution in [0.2, 0.25) is 0 Å². The molecule has 0 atom stereocenters. The van der Waals surface area contributed by atoms with Crippen LogP contribution in [-0.4, -0.2) is 40.0 Å². The zero-order valence-electron chi connectivity index (χ0n) is 11.6. The van der Waals surface area contributed by atoms with Gasteiger partial charge < -0.3 is 14.4 Å². The average Bonchev–Trinajstić information content (AvgIpc) is 3.09. The summed E-state index contributed by atoms with van der Waals surface area (Å²) in [6.07, 6.45) is 1.70. The van der Waals surface area contributed by atoms with Crippen LogP contribution in [0.3, 0.4) is 0 Å². The minimum atomic E-state index is -0.907. The molecule has 0 aliphatic rings. The van der Waals surface area contributed by atoms with Crippen LogP contribution in [0.1, 0.15) is 19.0 Å². The molecule has 0 saturated carbocycles. The number of hydrogen-bond donors (Lipinski definition) is 1. The first-order valence-electron chi connectivity index (χ1n) is 6.58. The molecule has 2 aromatic heterocycles. The van der Waals surface area contributed by atoms with Crippen LogP contribution in [0, 0.1) is 0 Å². The number of furan rings is 1. The van der Waals surface area contributed by atoms with Gasteiger partial charge in [-0.3, -0.25) is 9.59 Å². The Kier molecular flexibility index (Phi) is 5.10. The molecule has 0 bridgehead atoms. The number of aromatic nitrogens is 1. The van der Waals surface area contributed by atoms with Gasteiger partial charge in [-0.1, -0.05) is 0 Å². The fourth-order valence-corrected chi connectivity index (χ4v) is 2.64. The molecule has 7 heteroatoms. The number of carboxylic acid groups (broad SMARTS) is 1. The molecule has 2 rings (SSSR count). The topological polar surface area (TPSA) is 83.6 Å². The number of nitrogens with zero attached hydrogens (tertiary/aromatic N) is 2. The maximum atomic E-state index is 12.1. The van der Waals surface area contributed by atoms with Crippen LogP contribution in [0.4, 0.5) is 0 Å². The molecule has 1 amide bonds. The third-order valence-corrected chi connectivity index (χ3v) is 3.85. The molecule has 6 nitrogen and oxygen atoms in total. The zero-order chi connectivity index (χ0) is 15.2. The summed E-state index contributed by atoms with van der Waals surface area (Å²) in [6, 6.07) is 3.60. The summed E-state index contributed by atoms with van der Waals surface area (Å²) in [6.45, 7) is 2.54. The molecule has 0 aliphatic heterocycles. The molecule has 112 valence electrons. The van der Waals surface area contributed by atoms with Gasteiger partial charge in [-0.15, -0.1) is 11.3 Å². The van der Waals surface area contributed by atoms with E-state index in [0.29, 0.717) is 18.0 Å². The van der Waals surface area contributed by atoms with Crippen molar-refractivity contribution in [1.29, 1.82) is 0 Å². The molecule has 2 aromatic rings. The van der Waals surface area contributed by atoms with Crippen molar-refractivity contribution in [3.63, 3.8) is 0 Å². The van der Waals surface area contributed by atoms with Crippen LogP contribution in [0.25, 0.3) is 10.8 Å². The van der Waals surface area contributed by atoms with Crippen LogP contribution < -0.4 is 0 Å². The number of carboxylic acids is 1. The molecule has 2 heterocycles. The molecular formula is C14H16N2O4S. The van der Waals surface area contributed by atoms with Gasteiger partial charge in [-0.2, -0.15) is 0 Å². The van der Waals surface area contributed by atoms with Crippen LogP contribution in [0.15, 0.2) is 28.2 Å². The monoisotopic (exact) mass is 308 g/mol. The van der Waals surface area contributed by atoms with Crippen LogP contribution >= 0.6 is 11.3 Å². The summed E-state index contributed by atoms with van der Waals surface area (Å²) in [5, 5.41) is 11.2. The van der Waals surface area contributed by atoms with E-state index in [9.17, 15) is 9.59 Å². The maximum absolute atomic E-state index is 12.1. The van der Waals surface area contributed by atoms with E-state index in [2.05, 4.69) is 4.98 Å². The molecule has 21 heavy (non-hydrogen) atoms. The molecule has 0 unspecified atom stereocenters. The van der Waals surface area contributed by atoms with Gasteiger partial charge in [0.2, 0.25) is 5.91 Å². The van der Waals surface area contributed by atoms with Gasteiger partial charge in [0.05, 0.1) is 24.8 Å². The Bertz CT molecular complexity index is 606. The number of amides is 1. The zero-order valence-corrected chi connectivity index (χ0v) is 12.4. The van der Waals surface area contributed by atoms with Crippen molar-refractivity contribution in [3.8, 4) is 10.8 Å². The van der Waals surface area contributed by atoms with Crippen molar-refractivity contribution in [3.05, 3.63) is 29.5 Å². The summed E-state index contributed by atoms with van der Waals surface area (Å²) >= 11 is 1.42. The van der Waals surface area contributed by atoms with Crippen molar-refractivity contribution < 1.29 is 19.1 Å². The van der Waals surface area contributed by atoms with Crippen molar-refractivity contribution in [2.75, 3.05) is 13.1 Å². The third-order valence-electron chi connectivity index (χ3n) is 2.95. The van der Waals surface area contributed by atoms with Gasteiger partial charge in [0.25, 0.3) is 0 Å². The Balaban J connectivity index is 1.97. The van der Waals surface area contributed by atoms with Gasteiger partial charge >= 0.3 is 5.97 Å². The number of likely N-dealkylation sites (N-methyl/N-ethyl adjacent to an activating group) is 1. The first-order valence-corrected chi connectivity index (χ1v) is 7.46. The summed E-state index contributed by atoms with van der Waals surface area (Å²) in [5.41, 5.74) is 0.671. The summed E-state index contributed by atoms with van der Waals surface area (Å²) in [5.74, 6) is -0.345. The van der Waals surface area contributed by atoms with Gasteiger partial charge in [-0.05, 0) is 19.1 Å². The second kappa shape index (κ2) is 7.03. The Morgan fingerprint density at radius 3 is 2.90 bits per heavy atom. The standard InChI is InChI=1S/C14H16N2O4S/c1-2-16(6-5-13(18)19)12(17)8-10-9-21-14(15-10)11-4-3-7-20-11/h3-4,7,9H,2,5-6,8H2,1H3,(H,18,19). The second-order valence-electron chi connectivity index (χ2n) is 4.42. The normalized spacial score (nSPS) is 10.5. The molecule has 0 aliphatic carbocycles. The van der Waals surface area contributed by atoms with E-state index >= 15 is 0 Å². The van der Waals surface area contributed by atoms with E-state index < -0.39 is 5.97 Å². The molecule has 0 saturated heterocycles. The minimum Gasteiger partial charge on any atom is -0.481 e. The lowest BCUT2D eigenvalue weighted by atomic mass is 10.2. The number of rotatable bonds is 7. The number of carbonyl (C=O) groups excluding carboxylic acids is 1. The molecule has 1 N–H and O–H groups in total. The Morgan fingerprint density at radius 2 is 2.29 bits per heavy atom. The van der Waals surface area contributed by atoms with Crippen molar-refractivity contribution in [2.24, 2.45) is 0 Å². The van der Waals surface area contributed by atoms with Crippen molar-refractivity contribution >= 4 is 23.2 Å². The minimum absolute atomic E-state index is 0.0473. The lowest BCUT2D eigenvalue weighted by Gasteiger charge is -2.19. The van der Waals surface area contributed by atoms with Crippen molar-refractivity contribution in [2.45, 2.75) is 19.8 Å². The van der Waals surface area contributed by atoms with Crippen LogP contribution in [0.5, 0.6) is 0 Å². The van der Waals surface area contributed by atoms with E-state index in [1.807, 2.05) is 18.4 Å². The second-order valence-corrected chi connectivity index (χ2v) is 5.27. The molecule has 0 radical (unpaired) electrons. The SMILES string of the molecule is CCN(CCC(=O)O)C(=O)Cc1csc(-c2ccco2)n1. The predicted molar refractivity (Wildman–Crippen MR) is 78.0 cm³/mol. The quantitative estimate of drug-likeness (QED) is 0.848. The Morgan fingerprint density at radius 1 is 1.48 bits per heavy atom. The van der Waals surface area contributed by atoms with Crippen molar-refractivity contribution in [1.82, 2.24) is 9.88 Å². The predicted octanol–water partition coefficient (Wildman–Crippen LogP) is 2.27. The van der Waals surface area contributed by atoms with Gasteiger partial charge in [0.15, 0.2) is 10.8 Å². The average molecular weight is 308 g/mol. The Labute approximate surface area is 126 Å². The fourth-order valence-electron chi connectivity index (χ4n) is 1.86. The highest BCUT2D eigenvalue weighted by Gasteiger charge is 2.16. The first kappa shape index (κ1) is 15.2. The highest BCUT2D eigenvalue weighted by Crippen LogP contribution is 2.24. The molecule has 0 spiro atoms. The third kappa shape index (κ3) is 4.16. The smallest absolute Gasteiger partial charge is 0.305 e. The summed E-state index contributed by atoms with van der Waals surface area (Å²) in [7, 11) is 0. The highest BCUT2D eigenvalue weighted by atomic mass is 32.1. The van der Waals surface area contributed by atoms with Gasteiger partial charge in [0, 0.05) is 18.5 Å². The van der Waals surface area contributed by atoms with Gasteiger partial charge in [-0.25, -0.2) is 4.98 Å². The van der Waals surface area contributed by atoms with E-state index in [-0.39, 0.29) is 25.3 Å².